The molecule has 124 valence electrons. The molecule has 0 aliphatic carbocycles. The van der Waals surface area contributed by atoms with E-state index in [1.54, 1.807) is 30.3 Å². The van der Waals surface area contributed by atoms with Gasteiger partial charge in [-0.3, -0.25) is 4.79 Å². The zero-order valence-electron chi connectivity index (χ0n) is 13.7. The van der Waals surface area contributed by atoms with Crippen LogP contribution >= 0.6 is 0 Å². The van der Waals surface area contributed by atoms with Crippen molar-refractivity contribution in [2.45, 2.75) is 0 Å². The molecule has 0 atom stereocenters. The predicted octanol–water partition coefficient (Wildman–Crippen LogP) is 4.39. The number of hydrogen-bond acceptors (Lipinski definition) is 3. The van der Waals surface area contributed by atoms with Crippen molar-refractivity contribution in [1.29, 1.82) is 0 Å². The smallest absolute Gasteiger partial charge is 0.337 e. The number of methoxy groups -OCH3 is 1. The second kappa shape index (κ2) is 7.45. The Bertz CT molecular complexity index is 904. The molecule has 4 nitrogen and oxygen atoms in total. The average molecular weight is 331 g/mol. The molecule has 0 aliphatic rings. The lowest BCUT2D eigenvalue weighted by Gasteiger charge is -2.11. The van der Waals surface area contributed by atoms with Gasteiger partial charge >= 0.3 is 5.97 Å². The summed E-state index contributed by atoms with van der Waals surface area (Å²) in [5, 5.41) is 2.84. The zero-order valence-corrected chi connectivity index (χ0v) is 13.7. The first-order chi connectivity index (χ1) is 12.2. The SMILES string of the molecule is COC(=O)c1cccc(NC(=O)c2ccccc2-c2ccccc2)c1. The Labute approximate surface area is 146 Å². The van der Waals surface area contributed by atoms with Crippen LogP contribution in [0.4, 0.5) is 5.69 Å². The maximum Gasteiger partial charge on any atom is 0.337 e. The number of ether oxygens (including phenoxy) is 1. The Balaban J connectivity index is 1.89. The highest BCUT2D eigenvalue weighted by Gasteiger charge is 2.13. The summed E-state index contributed by atoms with van der Waals surface area (Å²) in [6.07, 6.45) is 0. The Hall–Kier alpha value is -3.40. The molecule has 3 rings (SSSR count). The number of anilines is 1. The van der Waals surface area contributed by atoms with Crippen LogP contribution in [0.2, 0.25) is 0 Å². The third-order valence-electron chi connectivity index (χ3n) is 3.80. The van der Waals surface area contributed by atoms with Crippen LogP contribution in [0.25, 0.3) is 11.1 Å². The third-order valence-corrected chi connectivity index (χ3v) is 3.80. The molecule has 4 heteroatoms. The van der Waals surface area contributed by atoms with Crippen LogP contribution in [-0.4, -0.2) is 19.0 Å². The first kappa shape index (κ1) is 16.5. The van der Waals surface area contributed by atoms with Gasteiger partial charge in [0.1, 0.15) is 0 Å². The highest BCUT2D eigenvalue weighted by atomic mass is 16.5. The maximum absolute atomic E-state index is 12.7. The number of carbonyl (C=O) groups excluding carboxylic acids is 2. The molecule has 3 aromatic rings. The molecule has 0 saturated heterocycles. The van der Waals surface area contributed by atoms with Gasteiger partial charge < -0.3 is 10.1 Å². The standard InChI is InChI=1S/C21H17NO3/c1-25-21(24)16-10-7-11-17(14-16)22-20(23)19-13-6-5-12-18(19)15-8-3-2-4-9-15/h2-14H,1H3,(H,22,23). The summed E-state index contributed by atoms with van der Waals surface area (Å²) in [6.45, 7) is 0. The number of benzene rings is 3. The van der Waals surface area contributed by atoms with Gasteiger partial charge in [0, 0.05) is 11.3 Å². The molecule has 1 amide bonds. The van der Waals surface area contributed by atoms with Gasteiger partial charge in [0.05, 0.1) is 12.7 Å². The fourth-order valence-electron chi connectivity index (χ4n) is 2.59. The van der Waals surface area contributed by atoms with E-state index >= 15 is 0 Å². The molecular weight excluding hydrogens is 314 g/mol. The Kier molecular flexibility index (Phi) is 4.90. The summed E-state index contributed by atoms with van der Waals surface area (Å²) in [5.74, 6) is -0.678. The van der Waals surface area contributed by atoms with E-state index in [2.05, 4.69) is 5.32 Å². The van der Waals surface area contributed by atoms with E-state index < -0.39 is 5.97 Å². The number of amides is 1. The van der Waals surface area contributed by atoms with E-state index in [1.807, 2.05) is 48.5 Å². The fourth-order valence-corrected chi connectivity index (χ4v) is 2.59. The van der Waals surface area contributed by atoms with Crippen molar-refractivity contribution in [2.75, 3.05) is 12.4 Å². The van der Waals surface area contributed by atoms with E-state index in [1.165, 1.54) is 7.11 Å². The van der Waals surface area contributed by atoms with Crippen molar-refractivity contribution in [2.24, 2.45) is 0 Å². The fraction of sp³-hybridized carbons (Fsp3) is 0.0476. The van der Waals surface area contributed by atoms with Gasteiger partial charge in [-0.25, -0.2) is 4.79 Å². The van der Waals surface area contributed by atoms with Crippen molar-refractivity contribution in [3.8, 4) is 11.1 Å². The van der Waals surface area contributed by atoms with E-state index in [0.717, 1.165) is 11.1 Å². The molecule has 0 fully saturated rings. The van der Waals surface area contributed by atoms with E-state index in [9.17, 15) is 9.59 Å². The molecule has 0 unspecified atom stereocenters. The van der Waals surface area contributed by atoms with Crippen molar-refractivity contribution in [1.82, 2.24) is 0 Å². The van der Waals surface area contributed by atoms with Crippen LogP contribution < -0.4 is 5.32 Å². The second-order valence-corrected chi connectivity index (χ2v) is 5.44. The number of nitrogens with one attached hydrogen (secondary N) is 1. The average Bonchev–Trinajstić information content (AvgIpc) is 2.68. The molecule has 0 heterocycles. The number of rotatable bonds is 4. The second-order valence-electron chi connectivity index (χ2n) is 5.44. The molecule has 0 radical (unpaired) electrons. The number of hydrogen-bond donors (Lipinski definition) is 1. The van der Waals surface area contributed by atoms with Crippen molar-refractivity contribution >= 4 is 17.6 Å². The topological polar surface area (TPSA) is 55.4 Å². The minimum absolute atomic E-state index is 0.235. The molecule has 0 aliphatic heterocycles. The molecule has 0 saturated carbocycles. The summed E-state index contributed by atoms with van der Waals surface area (Å²) in [7, 11) is 1.32. The minimum Gasteiger partial charge on any atom is -0.465 e. The van der Waals surface area contributed by atoms with Crippen LogP contribution in [0.1, 0.15) is 20.7 Å². The van der Waals surface area contributed by atoms with Crippen LogP contribution in [0.15, 0.2) is 78.9 Å². The highest BCUT2D eigenvalue weighted by molar-refractivity contribution is 6.09. The molecule has 0 bridgehead atoms. The van der Waals surface area contributed by atoms with Gasteiger partial charge in [0.25, 0.3) is 5.91 Å². The Morgan fingerprint density at radius 1 is 0.840 bits per heavy atom. The van der Waals surface area contributed by atoms with E-state index in [0.29, 0.717) is 16.8 Å². The van der Waals surface area contributed by atoms with Gasteiger partial charge in [-0.2, -0.15) is 0 Å². The predicted molar refractivity (Wildman–Crippen MR) is 97.6 cm³/mol. The molecule has 1 N–H and O–H groups in total. The molecule has 0 aromatic heterocycles. The van der Waals surface area contributed by atoms with E-state index in [4.69, 9.17) is 4.74 Å². The van der Waals surface area contributed by atoms with Gasteiger partial charge in [-0.1, -0.05) is 54.6 Å². The lowest BCUT2D eigenvalue weighted by Crippen LogP contribution is -2.13. The third kappa shape index (κ3) is 3.75. The summed E-state index contributed by atoms with van der Waals surface area (Å²) in [4.78, 5) is 24.4. The van der Waals surface area contributed by atoms with Crippen LogP contribution in [0.5, 0.6) is 0 Å². The summed E-state index contributed by atoms with van der Waals surface area (Å²) >= 11 is 0. The van der Waals surface area contributed by atoms with Gasteiger partial charge in [-0.05, 0) is 35.4 Å². The number of carbonyl (C=O) groups is 2. The maximum atomic E-state index is 12.7. The van der Waals surface area contributed by atoms with Crippen molar-refractivity contribution < 1.29 is 14.3 Å². The van der Waals surface area contributed by atoms with Gasteiger partial charge in [0.2, 0.25) is 0 Å². The van der Waals surface area contributed by atoms with Crippen LogP contribution in [0, 0.1) is 0 Å². The minimum atomic E-state index is -0.444. The monoisotopic (exact) mass is 331 g/mol. The Morgan fingerprint density at radius 3 is 2.32 bits per heavy atom. The molecule has 0 spiro atoms. The van der Waals surface area contributed by atoms with Crippen molar-refractivity contribution in [3.05, 3.63) is 90.0 Å². The lowest BCUT2D eigenvalue weighted by atomic mass is 9.99. The molecular formula is C21H17NO3. The lowest BCUT2D eigenvalue weighted by molar-refractivity contribution is 0.0600. The highest BCUT2D eigenvalue weighted by Crippen LogP contribution is 2.24. The van der Waals surface area contributed by atoms with E-state index in [-0.39, 0.29) is 5.91 Å². The zero-order chi connectivity index (χ0) is 17.6. The van der Waals surface area contributed by atoms with Gasteiger partial charge in [-0.15, -0.1) is 0 Å². The summed E-state index contributed by atoms with van der Waals surface area (Å²) in [6, 6.07) is 23.8. The largest absolute Gasteiger partial charge is 0.465 e. The first-order valence-electron chi connectivity index (χ1n) is 7.83. The quantitative estimate of drug-likeness (QED) is 0.721. The van der Waals surface area contributed by atoms with Crippen molar-refractivity contribution in [3.63, 3.8) is 0 Å². The molecule has 3 aromatic carbocycles. The Morgan fingerprint density at radius 2 is 1.56 bits per heavy atom. The first-order valence-corrected chi connectivity index (χ1v) is 7.83. The van der Waals surface area contributed by atoms with Gasteiger partial charge in [0.15, 0.2) is 0 Å². The normalized spacial score (nSPS) is 10.1. The molecule has 25 heavy (non-hydrogen) atoms. The summed E-state index contributed by atoms with van der Waals surface area (Å²) in [5.41, 5.74) is 3.31. The van der Waals surface area contributed by atoms with Crippen LogP contribution in [-0.2, 0) is 4.74 Å². The number of esters is 1. The van der Waals surface area contributed by atoms with Crippen LogP contribution in [0.3, 0.4) is 0 Å². The summed E-state index contributed by atoms with van der Waals surface area (Å²) < 4.78 is 4.71.